The number of nitrogens with zero attached hydrogens (tertiary/aromatic N) is 1. The van der Waals surface area contributed by atoms with Crippen LogP contribution >= 0.6 is 0 Å². The average Bonchev–Trinajstić information content (AvgIpc) is 2.88. The molecule has 4 heteroatoms. The highest BCUT2D eigenvalue weighted by Crippen LogP contribution is 2.34. The Morgan fingerprint density at radius 1 is 1.30 bits per heavy atom. The molecule has 0 saturated heterocycles. The predicted octanol–water partition coefficient (Wildman–Crippen LogP) is 4.06. The van der Waals surface area contributed by atoms with E-state index in [-0.39, 0.29) is 18.2 Å². The number of halogens is 1. The minimum Gasteiger partial charge on any atom is -0.481 e. The van der Waals surface area contributed by atoms with Crippen molar-refractivity contribution in [3.63, 3.8) is 0 Å². The van der Waals surface area contributed by atoms with Gasteiger partial charge in [0.25, 0.3) is 0 Å². The maximum absolute atomic E-state index is 14.3. The molecular weight excluding hydrogens is 293 g/mol. The smallest absolute Gasteiger partial charge is 0.303 e. The van der Waals surface area contributed by atoms with E-state index in [0.717, 1.165) is 24.1 Å². The first kappa shape index (κ1) is 15.5. The number of carboxylic acids is 1. The molecule has 0 amide bonds. The molecule has 1 atom stereocenters. The number of aliphatic carboxylic acids is 1. The number of rotatable bonds is 4. The van der Waals surface area contributed by atoms with Crippen molar-refractivity contribution >= 4 is 11.7 Å². The number of fused-ring (bicyclic) bond motifs is 1. The molecule has 1 N–H and O–H groups in total. The molecule has 1 aliphatic rings. The second-order valence-electron chi connectivity index (χ2n) is 6.25. The van der Waals surface area contributed by atoms with Crippen LogP contribution < -0.4 is 4.90 Å². The van der Waals surface area contributed by atoms with Crippen LogP contribution in [0.25, 0.3) is 11.1 Å². The number of carbonyl (C=O) groups is 1. The van der Waals surface area contributed by atoms with Gasteiger partial charge in [-0.15, -0.1) is 0 Å². The molecule has 1 heterocycles. The number of carboxylic acid groups (broad SMARTS) is 1. The zero-order chi connectivity index (χ0) is 16.6. The van der Waals surface area contributed by atoms with Crippen LogP contribution in [0.3, 0.4) is 0 Å². The zero-order valence-electron chi connectivity index (χ0n) is 13.3. The number of likely N-dealkylation sites (N-methyl/N-ethyl adjacent to an activating group) is 1. The van der Waals surface area contributed by atoms with Gasteiger partial charge < -0.3 is 10.0 Å². The van der Waals surface area contributed by atoms with Crippen LogP contribution in [0.4, 0.5) is 10.1 Å². The molecule has 0 radical (unpaired) electrons. The Morgan fingerprint density at radius 3 is 2.83 bits per heavy atom. The van der Waals surface area contributed by atoms with Crippen molar-refractivity contribution in [2.45, 2.75) is 25.7 Å². The Balaban J connectivity index is 1.98. The standard InChI is InChI=1S/C19H20FNO2/c1-12(9-19(22)23)13-3-5-17(20)16(11-13)14-4-6-18-15(10-14)7-8-21(18)2/h3-6,10-12H,7-9H2,1-2H3,(H,22,23). The van der Waals surface area contributed by atoms with Crippen molar-refractivity contribution in [2.24, 2.45) is 0 Å². The van der Waals surface area contributed by atoms with Gasteiger partial charge in [-0.3, -0.25) is 4.79 Å². The van der Waals surface area contributed by atoms with Crippen LogP contribution in [0.2, 0.25) is 0 Å². The summed E-state index contributed by atoms with van der Waals surface area (Å²) in [6, 6.07) is 10.9. The highest BCUT2D eigenvalue weighted by atomic mass is 19.1. The Hall–Kier alpha value is -2.36. The minimum atomic E-state index is -0.844. The predicted molar refractivity (Wildman–Crippen MR) is 89.5 cm³/mol. The first-order chi connectivity index (χ1) is 11.0. The lowest BCUT2D eigenvalue weighted by Crippen LogP contribution is -2.12. The lowest BCUT2D eigenvalue weighted by Gasteiger charge is -2.14. The van der Waals surface area contributed by atoms with Gasteiger partial charge in [-0.1, -0.05) is 19.1 Å². The van der Waals surface area contributed by atoms with E-state index in [1.165, 1.54) is 17.3 Å². The van der Waals surface area contributed by atoms with E-state index >= 15 is 0 Å². The third kappa shape index (κ3) is 3.07. The molecule has 0 bridgehead atoms. The largest absolute Gasteiger partial charge is 0.481 e. The summed E-state index contributed by atoms with van der Waals surface area (Å²) in [5.41, 5.74) is 4.66. The fourth-order valence-corrected chi connectivity index (χ4v) is 3.18. The molecule has 3 nitrogen and oxygen atoms in total. The third-order valence-electron chi connectivity index (χ3n) is 4.56. The van der Waals surface area contributed by atoms with Gasteiger partial charge in [0.1, 0.15) is 5.82 Å². The molecule has 1 aliphatic heterocycles. The third-order valence-corrected chi connectivity index (χ3v) is 4.56. The summed E-state index contributed by atoms with van der Waals surface area (Å²) in [6.07, 6.45) is 1.01. The lowest BCUT2D eigenvalue weighted by molar-refractivity contribution is -0.137. The quantitative estimate of drug-likeness (QED) is 0.925. The second kappa shape index (κ2) is 6.03. The van der Waals surface area contributed by atoms with Crippen LogP contribution in [0.1, 0.15) is 30.4 Å². The van der Waals surface area contributed by atoms with Gasteiger partial charge in [0.2, 0.25) is 0 Å². The summed E-state index contributed by atoms with van der Waals surface area (Å²) >= 11 is 0. The SMILES string of the molecule is CC(CC(=O)O)c1ccc(F)c(-c2ccc3c(c2)CCN3C)c1. The first-order valence-electron chi connectivity index (χ1n) is 7.81. The van der Waals surface area contributed by atoms with E-state index in [4.69, 9.17) is 5.11 Å². The average molecular weight is 313 g/mol. The molecule has 0 fully saturated rings. The van der Waals surface area contributed by atoms with Gasteiger partial charge in [0.05, 0.1) is 6.42 Å². The van der Waals surface area contributed by atoms with Gasteiger partial charge >= 0.3 is 5.97 Å². The van der Waals surface area contributed by atoms with Crippen molar-refractivity contribution in [1.29, 1.82) is 0 Å². The van der Waals surface area contributed by atoms with Gasteiger partial charge in [0, 0.05) is 24.8 Å². The van der Waals surface area contributed by atoms with Crippen LogP contribution in [0.15, 0.2) is 36.4 Å². The first-order valence-corrected chi connectivity index (χ1v) is 7.81. The fourth-order valence-electron chi connectivity index (χ4n) is 3.18. The Kier molecular flexibility index (Phi) is 4.07. The highest BCUT2D eigenvalue weighted by molar-refractivity contribution is 5.72. The normalized spacial score (nSPS) is 14.7. The maximum Gasteiger partial charge on any atom is 0.303 e. The molecule has 1 unspecified atom stereocenters. The summed E-state index contributed by atoms with van der Waals surface area (Å²) in [5, 5.41) is 8.94. The Morgan fingerprint density at radius 2 is 2.09 bits per heavy atom. The molecule has 23 heavy (non-hydrogen) atoms. The molecule has 0 aromatic heterocycles. The fraction of sp³-hybridized carbons (Fsp3) is 0.316. The minimum absolute atomic E-state index is 0.0417. The van der Waals surface area contributed by atoms with Crippen molar-refractivity contribution in [1.82, 2.24) is 0 Å². The van der Waals surface area contributed by atoms with Crippen LogP contribution in [-0.2, 0) is 11.2 Å². The van der Waals surface area contributed by atoms with Crippen molar-refractivity contribution in [3.8, 4) is 11.1 Å². The lowest BCUT2D eigenvalue weighted by atomic mass is 9.93. The monoisotopic (exact) mass is 313 g/mol. The number of hydrogen-bond donors (Lipinski definition) is 1. The van der Waals surface area contributed by atoms with E-state index in [2.05, 4.69) is 11.9 Å². The molecule has 0 saturated carbocycles. The molecule has 0 aliphatic carbocycles. The molecular formula is C19H20FNO2. The summed E-state index contributed by atoms with van der Waals surface area (Å²) < 4.78 is 14.3. The van der Waals surface area contributed by atoms with E-state index in [0.29, 0.717) is 5.56 Å². The van der Waals surface area contributed by atoms with E-state index in [9.17, 15) is 9.18 Å². The van der Waals surface area contributed by atoms with Crippen LogP contribution in [0.5, 0.6) is 0 Å². The molecule has 2 aromatic carbocycles. The van der Waals surface area contributed by atoms with Crippen molar-refractivity contribution < 1.29 is 14.3 Å². The maximum atomic E-state index is 14.3. The number of hydrogen-bond acceptors (Lipinski definition) is 2. The molecule has 2 aromatic rings. The topological polar surface area (TPSA) is 40.5 Å². The molecule has 3 rings (SSSR count). The summed E-state index contributed by atoms with van der Waals surface area (Å²) in [5.74, 6) is -1.26. The summed E-state index contributed by atoms with van der Waals surface area (Å²) in [7, 11) is 2.06. The Labute approximate surface area is 135 Å². The van der Waals surface area contributed by atoms with E-state index in [1.54, 1.807) is 12.1 Å². The van der Waals surface area contributed by atoms with Crippen LogP contribution in [0, 0.1) is 5.82 Å². The molecule has 0 spiro atoms. The van der Waals surface area contributed by atoms with Gasteiger partial charge in [-0.05, 0) is 53.3 Å². The van der Waals surface area contributed by atoms with Crippen LogP contribution in [-0.4, -0.2) is 24.7 Å². The summed E-state index contributed by atoms with van der Waals surface area (Å²) in [4.78, 5) is 13.1. The highest BCUT2D eigenvalue weighted by Gasteiger charge is 2.18. The van der Waals surface area contributed by atoms with E-state index in [1.807, 2.05) is 25.1 Å². The molecule has 120 valence electrons. The van der Waals surface area contributed by atoms with Gasteiger partial charge in [0.15, 0.2) is 0 Å². The summed E-state index contributed by atoms with van der Waals surface area (Å²) in [6.45, 7) is 2.83. The van der Waals surface area contributed by atoms with E-state index < -0.39 is 5.97 Å². The van der Waals surface area contributed by atoms with Gasteiger partial charge in [-0.25, -0.2) is 4.39 Å². The Bertz CT molecular complexity index is 757. The van der Waals surface area contributed by atoms with Crippen molar-refractivity contribution in [2.75, 3.05) is 18.5 Å². The van der Waals surface area contributed by atoms with Gasteiger partial charge in [-0.2, -0.15) is 0 Å². The zero-order valence-corrected chi connectivity index (χ0v) is 13.3. The number of benzene rings is 2. The second-order valence-corrected chi connectivity index (χ2v) is 6.25. The van der Waals surface area contributed by atoms with Crippen molar-refractivity contribution in [3.05, 3.63) is 53.3 Å². The number of anilines is 1.